The van der Waals surface area contributed by atoms with Gasteiger partial charge >= 0.3 is 12.0 Å². The summed E-state index contributed by atoms with van der Waals surface area (Å²) in [6, 6.07) is 17.0. The lowest BCUT2D eigenvalue weighted by molar-refractivity contribution is -0.137. The maximum Gasteiger partial charge on any atom is 0.319 e. The molecule has 5 nitrogen and oxygen atoms in total. The SMILES string of the molecule is O=C(O)C[C@@H](NC(=O)Nc1ccccc1)c1ccccc1. The third-order valence-corrected chi connectivity index (χ3v) is 2.92. The first-order valence-corrected chi connectivity index (χ1v) is 6.54. The number of anilines is 1. The number of carboxylic acids is 1. The van der Waals surface area contributed by atoms with Crippen LogP contribution in [0.1, 0.15) is 18.0 Å². The summed E-state index contributed by atoms with van der Waals surface area (Å²) in [7, 11) is 0. The van der Waals surface area contributed by atoms with Crippen LogP contribution in [-0.2, 0) is 4.79 Å². The van der Waals surface area contributed by atoms with E-state index in [-0.39, 0.29) is 6.42 Å². The van der Waals surface area contributed by atoms with Crippen molar-refractivity contribution in [3.63, 3.8) is 0 Å². The second-order valence-corrected chi connectivity index (χ2v) is 4.53. The highest BCUT2D eigenvalue weighted by Gasteiger charge is 2.17. The van der Waals surface area contributed by atoms with E-state index in [1.165, 1.54) is 0 Å². The van der Waals surface area contributed by atoms with Crippen molar-refractivity contribution in [3.05, 3.63) is 66.2 Å². The fraction of sp³-hybridized carbons (Fsp3) is 0.125. The second kappa shape index (κ2) is 7.09. The van der Waals surface area contributed by atoms with Gasteiger partial charge in [0.2, 0.25) is 0 Å². The molecule has 3 N–H and O–H groups in total. The number of hydrogen-bond acceptors (Lipinski definition) is 2. The van der Waals surface area contributed by atoms with Gasteiger partial charge in [-0.1, -0.05) is 48.5 Å². The monoisotopic (exact) mass is 284 g/mol. The molecule has 2 aromatic carbocycles. The zero-order chi connectivity index (χ0) is 15.1. The Morgan fingerprint density at radius 1 is 0.952 bits per heavy atom. The lowest BCUT2D eigenvalue weighted by atomic mass is 10.0. The molecule has 2 amide bonds. The summed E-state index contributed by atoms with van der Waals surface area (Å²) in [6.07, 6.45) is -0.174. The van der Waals surface area contributed by atoms with Crippen molar-refractivity contribution in [2.75, 3.05) is 5.32 Å². The van der Waals surface area contributed by atoms with Crippen LogP contribution in [0.15, 0.2) is 60.7 Å². The minimum atomic E-state index is -0.969. The molecule has 0 unspecified atom stereocenters. The summed E-state index contributed by atoms with van der Waals surface area (Å²) in [4.78, 5) is 22.9. The molecule has 2 aromatic rings. The van der Waals surface area contributed by atoms with Crippen LogP contribution in [0.4, 0.5) is 10.5 Å². The van der Waals surface area contributed by atoms with Crippen molar-refractivity contribution in [2.45, 2.75) is 12.5 Å². The largest absolute Gasteiger partial charge is 0.481 e. The highest BCUT2D eigenvalue weighted by molar-refractivity contribution is 5.89. The van der Waals surface area contributed by atoms with Gasteiger partial charge in [0.15, 0.2) is 0 Å². The number of aliphatic carboxylic acids is 1. The zero-order valence-electron chi connectivity index (χ0n) is 11.3. The first-order chi connectivity index (χ1) is 10.1. The number of nitrogens with one attached hydrogen (secondary N) is 2. The average Bonchev–Trinajstić information content (AvgIpc) is 2.48. The van der Waals surface area contributed by atoms with Crippen molar-refractivity contribution in [1.82, 2.24) is 5.32 Å². The van der Waals surface area contributed by atoms with E-state index in [1.54, 1.807) is 36.4 Å². The summed E-state index contributed by atoms with van der Waals surface area (Å²) in [6.45, 7) is 0. The molecule has 0 saturated carbocycles. The van der Waals surface area contributed by atoms with Crippen molar-refractivity contribution in [3.8, 4) is 0 Å². The molecule has 0 aliphatic rings. The Labute approximate surface area is 122 Å². The van der Waals surface area contributed by atoms with Crippen LogP contribution in [0.5, 0.6) is 0 Å². The van der Waals surface area contributed by atoms with Crippen LogP contribution < -0.4 is 10.6 Å². The van der Waals surface area contributed by atoms with E-state index in [0.717, 1.165) is 5.56 Å². The molecule has 0 aromatic heterocycles. The molecule has 0 spiro atoms. The highest BCUT2D eigenvalue weighted by Crippen LogP contribution is 2.17. The number of carbonyl (C=O) groups excluding carboxylic acids is 1. The quantitative estimate of drug-likeness (QED) is 0.789. The van der Waals surface area contributed by atoms with E-state index in [2.05, 4.69) is 10.6 Å². The molecule has 1 atom stereocenters. The molecule has 0 fully saturated rings. The maximum atomic E-state index is 12.0. The van der Waals surface area contributed by atoms with Crippen molar-refractivity contribution in [1.29, 1.82) is 0 Å². The highest BCUT2D eigenvalue weighted by atomic mass is 16.4. The average molecular weight is 284 g/mol. The third-order valence-electron chi connectivity index (χ3n) is 2.92. The summed E-state index contributed by atoms with van der Waals surface area (Å²) in [5, 5.41) is 14.3. The fourth-order valence-electron chi connectivity index (χ4n) is 1.96. The van der Waals surface area contributed by atoms with Crippen molar-refractivity contribution in [2.24, 2.45) is 0 Å². The van der Waals surface area contributed by atoms with Gasteiger partial charge in [-0.25, -0.2) is 4.79 Å². The van der Waals surface area contributed by atoms with Crippen LogP contribution >= 0.6 is 0 Å². The van der Waals surface area contributed by atoms with E-state index in [9.17, 15) is 9.59 Å². The molecule has 0 radical (unpaired) electrons. The Balaban J connectivity index is 2.05. The number of carboxylic acid groups (broad SMARTS) is 1. The first kappa shape index (κ1) is 14.6. The smallest absolute Gasteiger partial charge is 0.319 e. The Hall–Kier alpha value is -2.82. The summed E-state index contributed by atoms with van der Waals surface area (Å²) >= 11 is 0. The number of urea groups is 1. The van der Waals surface area contributed by atoms with Crippen LogP contribution in [-0.4, -0.2) is 17.1 Å². The second-order valence-electron chi connectivity index (χ2n) is 4.53. The minimum Gasteiger partial charge on any atom is -0.481 e. The molecular weight excluding hydrogens is 268 g/mol. The molecule has 2 rings (SSSR count). The van der Waals surface area contributed by atoms with Gasteiger partial charge in [0, 0.05) is 5.69 Å². The van der Waals surface area contributed by atoms with Crippen LogP contribution in [0.25, 0.3) is 0 Å². The lowest BCUT2D eigenvalue weighted by Crippen LogP contribution is -2.33. The van der Waals surface area contributed by atoms with Gasteiger partial charge < -0.3 is 15.7 Å². The molecule has 21 heavy (non-hydrogen) atoms. The topological polar surface area (TPSA) is 78.4 Å². The van der Waals surface area contributed by atoms with E-state index in [1.807, 2.05) is 24.3 Å². The molecule has 0 aliphatic carbocycles. The maximum absolute atomic E-state index is 12.0. The Bertz CT molecular complexity index is 599. The number of hydrogen-bond donors (Lipinski definition) is 3. The van der Waals surface area contributed by atoms with Gasteiger partial charge in [-0.15, -0.1) is 0 Å². The number of carbonyl (C=O) groups is 2. The Kier molecular flexibility index (Phi) is 4.93. The summed E-state index contributed by atoms with van der Waals surface area (Å²) in [5.74, 6) is -0.969. The predicted octanol–water partition coefficient (Wildman–Crippen LogP) is 3.02. The van der Waals surface area contributed by atoms with E-state index in [0.29, 0.717) is 5.69 Å². The van der Waals surface area contributed by atoms with Gasteiger partial charge in [0.1, 0.15) is 0 Å². The van der Waals surface area contributed by atoms with Crippen LogP contribution in [0.3, 0.4) is 0 Å². The molecule has 108 valence electrons. The number of para-hydroxylation sites is 1. The van der Waals surface area contributed by atoms with Crippen molar-refractivity contribution < 1.29 is 14.7 Å². The number of benzene rings is 2. The van der Waals surface area contributed by atoms with Gasteiger partial charge in [0.25, 0.3) is 0 Å². The summed E-state index contributed by atoms with van der Waals surface area (Å²) < 4.78 is 0. The predicted molar refractivity (Wildman–Crippen MR) is 80.0 cm³/mol. The molecule has 0 saturated heterocycles. The first-order valence-electron chi connectivity index (χ1n) is 6.54. The van der Waals surface area contributed by atoms with Crippen LogP contribution in [0.2, 0.25) is 0 Å². The van der Waals surface area contributed by atoms with Gasteiger partial charge in [-0.05, 0) is 17.7 Å². The molecule has 0 heterocycles. The van der Waals surface area contributed by atoms with E-state index < -0.39 is 18.0 Å². The van der Waals surface area contributed by atoms with E-state index >= 15 is 0 Å². The standard InChI is InChI=1S/C16H16N2O3/c19-15(20)11-14(12-7-3-1-4-8-12)18-16(21)17-13-9-5-2-6-10-13/h1-10,14H,11H2,(H,19,20)(H2,17,18,21)/t14-/m1/s1. The van der Waals surface area contributed by atoms with Gasteiger partial charge in [-0.2, -0.15) is 0 Å². The molecule has 5 heteroatoms. The molecular formula is C16H16N2O3. The van der Waals surface area contributed by atoms with Gasteiger partial charge in [-0.3, -0.25) is 4.79 Å². The number of amides is 2. The third kappa shape index (κ3) is 4.65. The zero-order valence-corrected chi connectivity index (χ0v) is 11.3. The summed E-state index contributed by atoms with van der Waals surface area (Å²) in [5.41, 5.74) is 1.40. The lowest BCUT2D eigenvalue weighted by Gasteiger charge is -2.18. The van der Waals surface area contributed by atoms with Crippen molar-refractivity contribution >= 4 is 17.7 Å². The Morgan fingerprint density at radius 2 is 1.52 bits per heavy atom. The fourth-order valence-corrected chi connectivity index (χ4v) is 1.96. The number of rotatable bonds is 5. The Morgan fingerprint density at radius 3 is 2.10 bits per heavy atom. The van der Waals surface area contributed by atoms with E-state index in [4.69, 9.17) is 5.11 Å². The van der Waals surface area contributed by atoms with Gasteiger partial charge in [0.05, 0.1) is 12.5 Å². The molecule has 0 aliphatic heterocycles. The van der Waals surface area contributed by atoms with Crippen LogP contribution in [0, 0.1) is 0 Å². The normalized spacial score (nSPS) is 11.4. The molecule has 0 bridgehead atoms. The minimum absolute atomic E-state index is 0.174.